The van der Waals surface area contributed by atoms with Gasteiger partial charge in [0, 0.05) is 31.8 Å². The molecule has 1 atom stereocenters. The summed E-state index contributed by atoms with van der Waals surface area (Å²) in [6, 6.07) is 8.45. The Morgan fingerprint density at radius 1 is 1.28 bits per heavy atom. The number of hydrogen-bond donors (Lipinski definition) is 1. The topological polar surface area (TPSA) is 56.8 Å². The zero-order chi connectivity index (χ0) is 17.5. The van der Waals surface area contributed by atoms with E-state index in [-0.39, 0.29) is 24.0 Å². The molecule has 1 aromatic rings. The zero-order valence-electron chi connectivity index (χ0n) is 15.1. The summed E-state index contributed by atoms with van der Waals surface area (Å²) >= 11 is 0. The van der Waals surface area contributed by atoms with Crippen LogP contribution in [0.5, 0.6) is 0 Å². The molecule has 5 nitrogen and oxygen atoms in total. The van der Waals surface area contributed by atoms with Crippen LogP contribution in [0.2, 0.25) is 0 Å². The van der Waals surface area contributed by atoms with Gasteiger partial charge in [-0.3, -0.25) is 4.79 Å². The van der Waals surface area contributed by atoms with Crippen LogP contribution in [0.4, 0.5) is 0 Å². The molecule has 25 heavy (non-hydrogen) atoms. The van der Waals surface area contributed by atoms with E-state index in [0.717, 1.165) is 45.5 Å². The average Bonchev–Trinajstić information content (AvgIpc) is 3.15. The van der Waals surface area contributed by atoms with Gasteiger partial charge in [-0.2, -0.15) is 0 Å². The van der Waals surface area contributed by atoms with Gasteiger partial charge in [0.25, 0.3) is 0 Å². The lowest BCUT2D eigenvalue weighted by molar-refractivity contribution is -0.127. The summed E-state index contributed by atoms with van der Waals surface area (Å²) in [5.41, 5.74) is 2.54. The van der Waals surface area contributed by atoms with Crippen molar-refractivity contribution in [2.45, 2.75) is 44.1 Å². The largest absolute Gasteiger partial charge is 0.381 e. The molecule has 0 saturated carbocycles. The molecule has 0 radical (unpaired) electrons. The van der Waals surface area contributed by atoms with Crippen LogP contribution >= 0.6 is 0 Å². The maximum absolute atomic E-state index is 12.2. The van der Waals surface area contributed by atoms with Gasteiger partial charge in [0.05, 0.1) is 12.7 Å². The molecule has 1 aromatic carbocycles. The number of hydrogen-bond acceptors (Lipinski definition) is 4. The minimum atomic E-state index is -0.0579. The van der Waals surface area contributed by atoms with Crippen LogP contribution in [0.3, 0.4) is 0 Å². The minimum absolute atomic E-state index is 0.0478. The molecule has 1 amide bonds. The molecule has 1 N–H and O–H groups in total. The zero-order valence-corrected chi connectivity index (χ0v) is 15.1. The number of amides is 1. The highest BCUT2D eigenvalue weighted by Crippen LogP contribution is 2.36. The summed E-state index contributed by atoms with van der Waals surface area (Å²) in [6.45, 7) is 5.65. The molecule has 2 saturated heterocycles. The Bertz CT molecular complexity index is 563. The van der Waals surface area contributed by atoms with Crippen molar-refractivity contribution in [1.29, 1.82) is 0 Å². The van der Waals surface area contributed by atoms with E-state index in [1.54, 1.807) is 0 Å². The predicted molar refractivity (Wildman–Crippen MR) is 95.7 cm³/mol. The van der Waals surface area contributed by atoms with Gasteiger partial charge in [-0.15, -0.1) is 0 Å². The Hall–Kier alpha value is -1.43. The molecule has 2 aliphatic rings. The first-order valence-corrected chi connectivity index (χ1v) is 9.29. The molecule has 1 unspecified atom stereocenters. The monoisotopic (exact) mass is 347 g/mol. The summed E-state index contributed by atoms with van der Waals surface area (Å²) in [4.78, 5) is 12.2. The molecule has 2 fully saturated rings. The van der Waals surface area contributed by atoms with Crippen molar-refractivity contribution in [3.8, 4) is 0 Å². The first-order chi connectivity index (χ1) is 12.2. The SMILES string of the molecule is Cc1ccccc1C1(CNC(=O)COCC2CCCO2)CCOCC1. The highest BCUT2D eigenvalue weighted by atomic mass is 16.5. The van der Waals surface area contributed by atoms with Crippen molar-refractivity contribution < 1.29 is 19.0 Å². The third kappa shape index (κ3) is 4.81. The fourth-order valence-electron chi connectivity index (χ4n) is 3.85. The Labute approximate surface area is 150 Å². The van der Waals surface area contributed by atoms with Gasteiger partial charge in [0.15, 0.2) is 0 Å². The van der Waals surface area contributed by atoms with Crippen LogP contribution < -0.4 is 5.32 Å². The van der Waals surface area contributed by atoms with Crippen LogP contribution in [-0.4, -0.2) is 51.6 Å². The Balaban J connectivity index is 1.54. The van der Waals surface area contributed by atoms with Crippen molar-refractivity contribution >= 4 is 5.91 Å². The first-order valence-electron chi connectivity index (χ1n) is 9.29. The number of carbonyl (C=O) groups is 1. The van der Waals surface area contributed by atoms with E-state index < -0.39 is 0 Å². The van der Waals surface area contributed by atoms with Crippen molar-refractivity contribution in [1.82, 2.24) is 5.32 Å². The number of benzene rings is 1. The van der Waals surface area contributed by atoms with Gasteiger partial charge >= 0.3 is 0 Å². The Morgan fingerprint density at radius 2 is 2.08 bits per heavy atom. The molecule has 0 bridgehead atoms. The predicted octanol–water partition coefficient (Wildman–Crippen LogP) is 2.36. The van der Waals surface area contributed by atoms with Crippen LogP contribution in [0.25, 0.3) is 0 Å². The summed E-state index contributed by atoms with van der Waals surface area (Å²) in [7, 11) is 0. The molecular formula is C20H29NO4. The number of ether oxygens (including phenoxy) is 3. The number of nitrogens with one attached hydrogen (secondary N) is 1. The Kier molecular flexibility index (Phi) is 6.45. The van der Waals surface area contributed by atoms with Gasteiger partial charge in [0.2, 0.25) is 5.91 Å². The van der Waals surface area contributed by atoms with Crippen molar-refractivity contribution in [2.24, 2.45) is 0 Å². The van der Waals surface area contributed by atoms with Crippen LogP contribution in [0.1, 0.15) is 36.8 Å². The van der Waals surface area contributed by atoms with Gasteiger partial charge in [-0.05, 0) is 43.7 Å². The summed E-state index contributed by atoms with van der Waals surface area (Å²) < 4.78 is 16.6. The van der Waals surface area contributed by atoms with Crippen LogP contribution in [0.15, 0.2) is 24.3 Å². The second-order valence-corrected chi connectivity index (χ2v) is 7.13. The fourth-order valence-corrected chi connectivity index (χ4v) is 3.85. The normalized spacial score (nSPS) is 22.7. The summed E-state index contributed by atoms with van der Waals surface area (Å²) in [6.07, 6.45) is 4.12. The highest BCUT2D eigenvalue weighted by Gasteiger charge is 2.35. The third-order valence-corrected chi connectivity index (χ3v) is 5.35. The molecule has 2 heterocycles. The molecule has 0 aromatic heterocycles. The van der Waals surface area contributed by atoms with Crippen LogP contribution in [0, 0.1) is 6.92 Å². The fraction of sp³-hybridized carbons (Fsp3) is 0.650. The van der Waals surface area contributed by atoms with Gasteiger partial charge < -0.3 is 19.5 Å². The van der Waals surface area contributed by atoms with Crippen molar-refractivity contribution in [3.63, 3.8) is 0 Å². The lowest BCUT2D eigenvalue weighted by atomic mass is 9.72. The van der Waals surface area contributed by atoms with E-state index >= 15 is 0 Å². The van der Waals surface area contributed by atoms with E-state index in [2.05, 4.69) is 36.5 Å². The average molecular weight is 347 g/mol. The molecule has 2 aliphatic heterocycles. The lowest BCUT2D eigenvalue weighted by Gasteiger charge is -2.39. The van der Waals surface area contributed by atoms with Crippen molar-refractivity contribution in [2.75, 3.05) is 39.6 Å². The molecule has 3 rings (SSSR count). The van der Waals surface area contributed by atoms with Crippen LogP contribution in [-0.2, 0) is 24.4 Å². The van der Waals surface area contributed by atoms with Crippen molar-refractivity contribution in [3.05, 3.63) is 35.4 Å². The molecule has 5 heteroatoms. The number of rotatable bonds is 7. The van der Waals surface area contributed by atoms with Gasteiger partial charge in [0.1, 0.15) is 6.61 Å². The maximum atomic E-state index is 12.2. The van der Waals surface area contributed by atoms with Gasteiger partial charge in [-0.1, -0.05) is 24.3 Å². The summed E-state index contributed by atoms with van der Waals surface area (Å²) in [5, 5.41) is 3.08. The second-order valence-electron chi connectivity index (χ2n) is 7.13. The Morgan fingerprint density at radius 3 is 2.80 bits per heavy atom. The molecule has 0 aliphatic carbocycles. The lowest BCUT2D eigenvalue weighted by Crippen LogP contribution is -2.45. The third-order valence-electron chi connectivity index (χ3n) is 5.35. The highest BCUT2D eigenvalue weighted by molar-refractivity contribution is 5.77. The quantitative estimate of drug-likeness (QED) is 0.823. The second kappa shape index (κ2) is 8.79. The van der Waals surface area contributed by atoms with E-state index in [4.69, 9.17) is 14.2 Å². The van der Waals surface area contributed by atoms with E-state index in [1.165, 1.54) is 11.1 Å². The first kappa shape index (κ1) is 18.4. The standard InChI is InChI=1S/C20H29NO4/c1-16-5-2-3-7-18(16)20(8-11-23-12-9-20)15-21-19(22)14-24-13-17-6-4-10-25-17/h2-3,5,7,17H,4,6,8-15H2,1H3,(H,21,22). The number of aryl methyl sites for hydroxylation is 1. The molecule has 0 spiro atoms. The minimum Gasteiger partial charge on any atom is -0.381 e. The van der Waals surface area contributed by atoms with Gasteiger partial charge in [-0.25, -0.2) is 0 Å². The maximum Gasteiger partial charge on any atom is 0.246 e. The summed E-state index contributed by atoms with van der Waals surface area (Å²) in [5.74, 6) is -0.0579. The van der Waals surface area contributed by atoms with E-state index in [0.29, 0.717) is 13.2 Å². The molecular weight excluding hydrogens is 318 g/mol. The number of carbonyl (C=O) groups excluding carboxylic acids is 1. The molecule has 138 valence electrons. The smallest absolute Gasteiger partial charge is 0.246 e. The van der Waals surface area contributed by atoms with E-state index in [9.17, 15) is 4.79 Å². The van der Waals surface area contributed by atoms with E-state index in [1.807, 2.05) is 0 Å².